The van der Waals surface area contributed by atoms with Crippen LogP contribution in [0.15, 0.2) is 67.0 Å². The van der Waals surface area contributed by atoms with Gasteiger partial charge in [0.05, 0.1) is 12.4 Å². The molecule has 0 radical (unpaired) electrons. The number of aromatic nitrogens is 2. The Morgan fingerprint density at radius 1 is 1.07 bits per heavy atom. The highest BCUT2D eigenvalue weighted by atomic mass is 16.2. The smallest absolute Gasteiger partial charge is 0.278 e. The lowest BCUT2D eigenvalue weighted by Gasteiger charge is -2.28. The van der Waals surface area contributed by atoms with E-state index in [0.29, 0.717) is 5.69 Å². The predicted molar refractivity (Wildman–Crippen MR) is 116 cm³/mol. The maximum absolute atomic E-state index is 13.1. The molecule has 5 nitrogen and oxygen atoms in total. The van der Waals surface area contributed by atoms with Crippen molar-refractivity contribution >= 4 is 17.4 Å². The monoisotopic (exact) mass is 386 g/mol. The Balaban J connectivity index is 1.56. The summed E-state index contributed by atoms with van der Waals surface area (Å²) >= 11 is 0. The minimum Gasteiger partial charge on any atom is -0.349 e. The van der Waals surface area contributed by atoms with Gasteiger partial charge in [-0.2, -0.15) is 0 Å². The molecule has 29 heavy (non-hydrogen) atoms. The average molecular weight is 386 g/mol. The summed E-state index contributed by atoms with van der Waals surface area (Å²) in [4.78, 5) is 26.2. The SMILES string of the molecule is CC(C)N(Cc1ccccc1)c1cnc(C(=O)N2c3ccccc3CC2C)cn1. The van der Waals surface area contributed by atoms with E-state index in [0.717, 1.165) is 24.5 Å². The summed E-state index contributed by atoms with van der Waals surface area (Å²) in [5, 5.41) is 0. The summed E-state index contributed by atoms with van der Waals surface area (Å²) in [6, 6.07) is 18.7. The van der Waals surface area contributed by atoms with Gasteiger partial charge in [-0.25, -0.2) is 9.97 Å². The van der Waals surface area contributed by atoms with Crippen molar-refractivity contribution in [2.24, 2.45) is 0 Å². The Morgan fingerprint density at radius 2 is 1.79 bits per heavy atom. The first-order valence-corrected chi connectivity index (χ1v) is 10.1. The average Bonchev–Trinajstić information content (AvgIpc) is 3.08. The molecule has 1 atom stereocenters. The lowest BCUT2D eigenvalue weighted by molar-refractivity contribution is 0.0976. The first kappa shape index (κ1) is 19.1. The lowest BCUT2D eigenvalue weighted by atomic mass is 10.1. The van der Waals surface area contributed by atoms with E-state index in [9.17, 15) is 4.79 Å². The van der Waals surface area contributed by atoms with Crippen LogP contribution in [0, 0.1) is 0 Å². The molecule has 5 heteroatoms. The van der Waals surface area contributed by atoms with E-state index in [1.807, 2.05) is 41.3 Å². The van der Waals surface area contributed by atoms with Crippen LogP contribution in [0.3, 0.4) is 0 Å². The fourth-order valence-electron chi connectivity index (χ4n) is 3.89. The van der Waals surface area contributed by atoms with Gasteiger partial charge >= 0.3 is 0 Å². The van der Waals surface area contributed by atoms with Crippen LogP contribution in [0.4, 0.5) is 11.5 Å². The van der Waals surface area contributed by atoms with Gasteiger partial charge in [0.1, 0.15) is 11.5 Å². The quantitative estimate of drug-likeness (QED) is 0.649. The summed E-state index contributed by atoms with van der Waals surface area (Å²) in [5.74, 6) is 0.677. The summed E-state index contributed by atoms with van der Waals surface area (Å²) in [5.41, 5.74) is 3.77. The van der Waals surface area contributed by atoms with Gasteiger partial charge in [-0.15, -0.1) is 0 Å². The molecular weight excluding hydrogens is 360 g/mol. The molecule has 0 N–H and O–H groups in total. The molecule has 0 spiro atoms. The van der Waals surface area contributed by atoms with E-state index in [1.54, 1.807) is 12.4 Å². The standard InChI is InChI=1S/C24H26N4O/c1-17(2)27(16-19-9-5-4-6-10-19)23-15-25-21(14-26-23)24(29)28-18(3)13-20-11-7-8-12-22(20)28/h4-12,14-15,17-18H,13,16H2,1-3H3. The van der Waals surface area contributed by atoms with Gasteiger partial charge in [0, 0.05) is 24.3 Å². The largest absolute Gasteiger partial charge is 0.349 e. The second kappa shape index (κ2) is 8.03. The first-order chi connectivity index (χ1) is 14.0. The minimum atomic E-state index is -0.0966. The molecule has 1 aromatic heterocycles. The molecule has 4 rings (SSSR count). The number of nitrogens with zero attached hydrogens (tertiary/aromatic N) is 4. The molecule has 1 amide bonds. The summed E-state index contributed by atoms with van der Waals surface area (Å²) in [6.45, 7) is 7.08. The number of carbonyl (C=O) groups excluding carboxylic acids is 1. The van der Waals surface area contributed by atoms with Crippen molar-refractivity contribution in [1.82, 2.24) is 9.97 Å². The van der Waals surface area contributed by atoms with Crippen LogP contribution in [0.1, 0.15) is 42.4 Å². The summed E-state index contributed by atoms with van der Waals surface area (Å²) < 4.78 is 0. The fraction of sp³-hybridized carbons (Fsp3) is 0.292. The number of rotatable bonds is 5. The number of amides is 1. The van der Waals surface area contributed by atoms with Crippen molar-refractivity contribution < 1.29 is 4.79 Å². The molecule has 0 saturated heterocycles. The zero-order valence-corrected chi connectivity index (χ0v) is 17.1. The van der Waals surface area contributed by atoms with Crippen LogP contribution >= 0.6 is 0 Å². The van der Waals surface area contributed by atoms with Gasteiger partial charge in [-0.3, -0.25) is 4.79 Å². The third-order valence-corrected chi connectivity index (χ3v) is 5.40. The first-order valence-electron chi connectivity index (χ1n) is 10.1. The van der Waals surface area contributed by atoms with Crippen molar-refractivity contribution in [2.45, 2.75) is 45.8 Å². The van der Waals surface area contributed by atoms with Crippen molar-refractivity contribution in [3.05, 3.63) is 83.8 Å². The highest BCUT2D eigenvalue weighted by Crippen LogP contribution is 2.32. The van der Waals surface area contributed by atoms with Crippen LogP contribution in [-0.2, 0) is 13.0 Å². The van der Waals surface area contributed by atoms with Gasteiger partial charge < -0.3 is 9.80 Å². The number of anilines is 2. The van der Waals surface area contributed by atoms with Crippen LogP contribution in [0.5, 0.6) is 0 Å². The van der Waals surface area contributed by atoms with Gasteiger partial charge in [0.25, 0.3) is 5.91 Å². The number of hydrogen-bond acceptors (Lipinski definition) is 4. The molecule has 1 aliphatic rings. The second-order valence-electron chi connectivity index (χ2n) is 7.82. The lowest BCUT2D eigenvalue weighted by Crippen LogP contribution is -2.36. The molecule has 148 valence electrons. The van der Waals surface area contributed by atoms with Gasteiger partial charge in [0.15, 0.2) is 0 Å². The third kappa shape index (κ3) is 3.86. The van der Waals surface area contributed by atoms with Crippen LogP contribution in [0.25, 0.3) is 0 Å². The van der Waals surface area contributed by atoms with Crippen molar-refractivity contribution in [3.63, 3.8) is 0 Å². The van der Waals surface area contributed by atoms with Gasteiger partial charge in [-0.1, -0.05) is 48.5 Å². The number of fused-ring (bicyclic) bond motifs is 1. The molecule has 0 bridgehead atoms. The molecule has 1 aliphatic heterocycles. The normalized spacial score (nSPS) is 15.4. The van der Waals surface area contributed by atoms with E-state index >= 15 is 0 Å². The molecule has 0 saturated carbocycles. The molecule has 3 aromatic rings. The maximum Gasteiger partial charge on any atom is 0.278 e. The van der Waals surface area contributed by atoms with Gasteiger partial charge in [0.2, 0.25) is 0 Å². The van der Waals surface area contributed by atoms with E-state index in [2.05, 4.69) is 53.8 Å². The molecule has 1 unspecified atom stereocenters. The Kier molecular flexibility index (Phi) is 5.30. The van der Waals surface area contributed by atoms with Crippen LogP contribution in [0.2, 0.25) is 0 Å². The van der Waals surface area contributed by atoms with Crippen molar-refractivity contribution in [1.29, 1.82) is 0 Å². The number of para-hydroxylation sites is 1. The zero-order valence-electron chi connectivity index (χ0n) is 17.1. The zero-order chi connectivity index (χ0) is 20.4. The fourth-order valence-corrected chi connectivity index (χ4v) is 3.89. The maximum atomic E-state index is 13.1. The Bertz CT molecular complexity index is 985. The Hall–Kier alpha value is -3.21. The third-order valence-electron chi connectivity index (χ3n) is 5.40. The molecule has 2 heterocycles. The Labute approximate surface area is 172 Å². The predicted octanol–water partition coefficient (Wildman–Crippen LogP) is 4.48. The van der Waals surface area contributed by atoms with Gasteiger partial charge in [-0.05, 0) is 44.4 Å². The van der Waals surface area contributed by atoms with E-state index in [1.165, 1.54) is 11.1 Å². The molecule has 0 fully saturated rings. The van der Waals surface area contributed by atoms with E-state index in [-0.39, 0.29) is 18.0 Å². The minimum absolute atomic E-state index is 0.0966. The van der Waals surface area contributed by atoms with E-state index in [4.69, 9.17) is 0 Å². The highest BCUT2D eigenvalue weighted by Gasteiger charge is 2.32. The summed E-state index contributed by atoms with van der Waals surface area (Å²) in [6.07, 6.45) is 4.18. The topological polar surface area (TPSA) is 49.3 Å². The molecule has 0 aliphatic carbocycles. The van der Waals surface area contributed by atoms with Crippen molar-refractivity contribution in [2.75, 3.05) is 9.80 Å². The van der Waals surface area contributed by atoms with Crippen molar-refractivity contribution in [3.8, 4) is 0 Å². The summed E-state index contributed by atoms with van der Waals surface area (Å²) in [7, 11) is 0. The second-order valence-corrected chi connectivity index (χ2v) is 7.82. The highest BCUT2D eigenvalue weighted by molar-refractivity contribution is 6.06. The number of benzene rings is 2. The number of hydrogen-bond donors (Lipinski definition) is 0. The molecular formula is C24H26N4O. The number of carbonyl (C=O) groups is 1. The molecule has 2 aromatic carbocycles. The van der Waals surface area contributed by atoms with Crippen LogP contribution < -0.4 is 9.80 Å². The Morgan fingerprint density at radius 3 is 2.48 bits per heavy atom. The van der Waals surface area contributed by atoms with Crippen LogP contribution in [-0.4, -0.2) is 28.0 Å². The van der Waals surface area contributed by atoms with E-state index < -0.39 is 0 Å².